The average Bonchev–Trinajstić information content (AvgIpc) is 3.67. The highest BCUT2D eigenvalue weighted by Crippen LogP contribution is 2.41. The van der Waals surface area contributed by atoms with Crippen molar-refractivity contribution in [2.24, 2.45) is 5.41 Å². The predicted octanol–water partition coefficient (Wildman–Crippen LogP) is 8.75. The first-order chi connectivity index (χ1) is 23.2. The first-order valence-corrected chi connectivity index (χ1v) is 17.7. The Morgan fingerprint density at radius 3 is 2.59 bits per heavy atom. The van der Waals surface area contributed by atoms with Crippen molar-refractivity contribution in [2.75, 3.05) is 18.0 Å². The number of nitrogens with zero attached hydrogens (tertiary/aromatic N) is 5. The number of aromatic nitrogens is 4. The lowest BCUT2D eigenvalue weighted by Crippen LogP contribution is -2.41. The van der Waals surface area contributed by atoms with Gasteiger partial charge >= 0.3 is 5.97 Å². The van der Waals surface area contributed by atoms with E-state index in [9.17, 15) is 14.3 Å². The quantitative estimate of drug-likeness (QED) is 0.131. The van der Waals surface area contributed by atoms with Crippen LogP contribution in [0.1, 0.15) is 94.5 Å². The van der Waals surface area contributed by atoms with Crippen molar-refractivity contribution in [1.29, 1.82) is 0 Å². The van der Waals surface area contributed by atoms with E-state index in [2.05, 4.69) is 25.0 Å². The van der Waals surface area contributed by atoms with Crippen LogP contribution in [0.5, 0.6) is 5.75 Å². The smallest absolute Gasteiger partial charge is 0.337 e. The van der Waals surface area contributed by atoms with Gasteiger partial charge in [-0.15, -0.1) is 24.5 Å². The molecule has 0 bridgehead atoms. The number of thiazole rings is 1. The van der Waals surface area contributed by atoms with Crippen LogP contribution in [0.3, 0.4) is 0 Å². The molecule has 1 unspecified atom stereocenters. The number of anilines is 1. The maximum atomic E-state index is 14.2. The molecule has 0 aliphatic carbocycles. The molecule has 3 aromatic heterocycles. The molecule has 262 valence electrons. The monoisotopic (exact) mass is 689 g/mol. The molecule has 11 heteroatoms. The molecule has 0 spiro atoms. The summed E-state index contributed by atoms with van der Waals surface area (Å²) in [5.74, 6) is -0.241. The SMILES string of the molecule is C=CCCC1(C)CCN(c2c(C(OC(C)(C)C)C(=O)O)c(C)nc3cc(-c4ncc(Cc5ccc(F)cc5O[C@H](C)CC=C)s4)nn23)CC1. The zero-order valence-corrected chi connectivity index (χ0v) is 30.3. The average molecular weight is 690 g/mol. The van der Waals surface area contributed by atoms with Crippen molar-refractivity contribution in [3.05, 3.63) is 83.3 Å². The van der Waals surface area contributed by atoms with E-state index in [0.717, 1.165) is 49.2 Å². The van der Waals surface area contributed by atoms with Crippen LogP contribution in [0, 0.1) is 18.2 Å². The third-order valence-corrected chi connectivity index (χ3v) is 10.00. The number of hydrogen-bond acceptors (Lipinski definition) is 8. The minimum absolute atomic E-state index is 0.140. The van der Waals surface area contributed by atoms with Gasteiger partial charge in [0.1, 0.15) is 28.1 Å². The number of carboxylic acids is 1. The lowest BCUT2D eigenvalue weighted by atomic mass is 9.76. The fraction of sp³-hybridized carbons (Fsp3) is 0.474. The maximum absolute atomic E-state index is 14.2. The topological polar surface area (TPSA) is 102 Å². The molecule has 4 heterocycles. The van der Waals surface area contributed by atoms with Gasteiger partial charge in [0.25, 0.3) is 0 Å². The molecule has 1 aliphatic heterocycles. The Kier molecular flexibility index (Phi) is 10.9. The predicted molar refractivity (Wildman–Crippen MR) is 193 cm³/mol. The zero-order valence-electron chi connectivity index (χ0n) is 29.5. The fourth-order valence-corrected chi connectivity index (χ4v) is 7.25. The van der Waals surface area contributed by atoms with Gasteiger partial charge in [-0.3, -0.25) is 0 Å². The minimum atomic E-state index is -1.23. The molecule has 2 atom stereocenters. The molecule has 1 aromatic carbocycles. The lowest BCUT2D eigenvalue weighted by molar-refractivity contribution is -0.160. The van der Waals surface area contributed by atoms with Gasteiger partial charge in [-0.2, -0.15) is 9.61 Å². The summed E-state index contributed by atoms with van der Waals surface area (Å²) in [6.45, 7) is 20.8. The van der Waals surface area contributed by atoms with Crippen molar-refractivity contribution < 1.29 is 23.8 Å². The highest BCUT2D eigenvalue weighted by Gasteiger charge is 2.37. The van der Waals surface area contributed by atoms with E-state index in [-0.39, 0.29) is 17.3 Å². The standard InChI is InChI=1S/C38H48FN5O4S/c1-9-11-15-38(8)16-18-43(19-17-38)35-32(33(36(45)46)48-37(5,6)7)25(4)41-31-22-29(42-44(31)35)34-40-23-28(49-34)20-26-13-14-27(39)21-30(26)47-24(3)12-10-2/h9-10,13-14,21-24,33H,1-2,11-12,15-20H2,3-8H3,(H,45,46)/t24-,33?/m1/s1. The van der Waals surface area contributed by atoms with Gasteiger partial charge in [0, 0.05) is 54.8 Å². The number of allylic oxidation sites excluding steroid dienone is 1. The molecule has 1 fully saturated rings. The van der Waals surface area contributed by atoms with Crippen LogP contribution < -0.4 is 9.64 Å². The van der Waals surface area contributed by atoms with Gasteiger partial charge in [0.2, 0.25) is 0 Å². The van der Waals surface area contributed by atoms with Crippen LogP contribution in [0.2, 0.25) is 0 Å². The van der Waals surface area contributed by atoms with E-state index < -0.39 is 17.7 Å². The van der Waals surface area contributed by atoms with Gasteiger partial charge < -0.3 is 19.5 Å². The van der Waals surface area contributed by atoms with Crippen LogP contribution in [0.15, 0.2) is 55.8 Å². The number of ether oxygens (including phenoxy) is 2. The largest absolute Gasteiger partial charge is 0.490 e. The van der Waals surface area contributed by atoms with Gasteiger partial charge in [-0.25, -0.2) is 19.2 Å². The Labute approximate surface area is 292 Å². The summed E-state index contributed by atoms with van der Waals surface area (Å²) in [7, 11) is 0. The molecule has 0 radical (unpaired) electrons. The van der Waals surface area contributed by atoms with Crippen molar-refractivity contribution in [3.8, 4) is 16.5 Å². The molecule has 49 heavy (non-hydrogen) atoms. The number of rotatable bonds is 14. The van der Waals surface area contributed by atoms with Crippen LogP contribution in [-0.2, 0) is 16.0 Å². The van der Waals surface area contributed by atoms with E-state index in [0.29, 0.717) is 52.0 Å². The number of halogens is 1. The molecule has 1 saturated heterocycles. The number of fused-ring (bicyclic) bond motifs is 1. The van der Waals surface area contributed by atoms with Crippen LogP contribution in [0.25, 0.3) is 16.3 Å². The van der Waals surface area contributed by atoms with E-state index in [1.807, 2.05) is 53.0 Å². The van der Waals surface area contributed by atoms with E-state index in [1.54, 1.807) is 16.7 Å². The summed E-state index contributed by atoms with van der Waals surface area (Å²) in [6, 6.07) is 6.50. The number of benzene rings is 1. The van der Waals surface area contributed by atoms with Crippen LogP contribution in [0.4, 0.5) is 10.2 Å². The summed E-state index contributed by atoms with van der Waals surface area (Å²) in [4.78, 5) is 25.5. The molecule has 0 amide bonds. The summed E-state index contributed by atoms with van der Waals surface area (Å²) in [5, 5.41) is 16.2. The summed E-state index contributed by atoms with van der Waals surface area (Å²) < 4.78 is 28.2. The molecule has 1 aliphatic rings. The number of carbonyl (C=O) groups is 1. The van der Waals surface area contributed by atoms with Crippen molar-refractivity contribution in [2.45, 2.75) is 97.9 Å². The second kappa shape index (κ2) is 14.8. The number of hydrogen-bond donors (Lipinski definition) is 1. The fourth-order valence-electron chi connectivity index (χ4n) is 6.35. The van der Waals surface area contributed by atoms with Gasteiger partial charge in [0.15, 0.2) is 11.8 Å². The van der Waals surface area contributed by atoms with Crippen molar-refractivity contribution >= 4 is 28.8 Å². The second-order valence-corrected chi connectivity index (χ2v) is 15.4. The molecule has 9 nitrogen and oxygen atoms in total. The van der Waals surface area contributed by atoms with Gasteiger partial charge in [-0.1, -0.05) is 25.1 Å². The minimum Gasteiger partial charge on any atom is -0.490 e. The Morgan fingerprint density at radius 2 is 1.94 bits per heavy atom. The number of aliphatic carboxylic acids is 1. The molecule has 4 aromatic rings. The number of piperidine rings is 1. The van der Waals surface area contributed by atoms with Gasteiger partial charge in [0.05, 0.1) is 17.3 Å². The van der Waals surface area contributed by atoms with Crippen LogP contribution >= 0.6 is 11.3 Å². The highest BCUT2D eigenvalue weighted by atomic mass is 32.1. The molecular weight excluding hydrogens is 642 g/mol. The lowest BCUT2D eigenvalue weighted by Gasteiger charge is -2.41. The Bertz CT molecular complexity index is 1820. The first kappa shape index (κ1) is 36.2. The second-order valence-electron chi connectivity index (χ2n) is 14.3. The Morgan fingerprint density at radius 1 is 1.20 bits per heavy atom. The number of carboxylic acid groups (broad SMARTS) is 1. The molecule has 0 saturated carbocycles. The highest BCUT2D eigenvalue weighted by molar-refractivity contribution is 7.15. The zero-order chi connectivity index (χ0) is 35.5. The summed E-state index contributed by atoms with van der Waals surface area (Å²) in [6.07, 6.45) is 9.27. The van der Waals surface area contributed by atoms with E-state index in [4.69, 9.17) is 24.5 Å². The molecular formula is C38H48FN5O4S. The Hall–Kier alpha value is -4.09. The number of aryl methyl sites for hydroxylation is 1. The summed E-state index contributed by atoms with van der Waals surface area (Å²) in [5.41, 5.74) is 2.65. The van der Waals surface area contributed by atoms with Gasteiger partial charge in [-0.05, 0) is 77.3 Å². The first-order valence-electron chi connectivity index (χ1n) is 16.9. The normalized spacial score (nSPS) is 16.0. The molecule has 5 rings (SSSR count). The third kappa shape index (κ3) is 8.56. The van der Waals surface area contributed by atoms with Crippen molar-refractivity contribution in [1.82, 2.24) is 19.6 Å². The summed E-state index contributed by atoms with van der Waals surface area (Å²) >= 11 is 1.49. The van der Waals surface area contributed by atoms with Crippen molar-refractivity contribution in [3.63, 3.8) is 0 Å². The maximum Gasteiger partial charge on any atom is 0.337 e. The Balaban J connectivity index is 1.53. The molecule has 1 N–H and O–H groups in total. The van der Waals surface area contributed by atoms with E-state index in [1.165, 1.54) is 23.5 Å². The third-order valence-electron chi connectivity index (χ3n) is 8.98. The van der Waals surface area contributed by atoms with Crippen LogP contribution in [-0.4, -0.2) is 55.5 Å². The van der Waals surface area contributed by atoms with E-state index >= 15 is 0 Å².